The summed E-state index contributed by atoms with van der Waals surface area (Å²) < 4.78 is 13.4. The number of nitrogen functional groups attached to an aromatic ring is 2. The van der Waals surface area contributed by atoms with Gasteiger partial charge in [-0.1, -0.05) is 0 Å². The van der Waals surface area contributed by atoms with Crippen LogP contribution in [0.3, 0.4) is 0 Å². The number of rotatable bonds is 14. The fourth-order valence-corrected chi connectivity index (χ4v) is 3.05. The molecule has 0 heterocycles. The molecule has 0 aliphatic carbocycles. The molecule has 0 aliphatic rings. The van der Waals surface area contributed by atoms with Gasteiger partial charge in [-0.2, -0.15) is 0 Å². The minimum Gasteiger partial charge on any atom is -1.00 e. The number of hydrogen-bond acceptors (Lipinski definition) is 6. The Morgan fingerprint density at radius 3 is 1.29 bits per heavy atom. The normalized spacial score (nSPS) is 11.1. The Morgan fingerprint density at radius 2 is 1.03 bits per heavy atom. The Morgan fingerprint density at radius 1 is 0.706 bits per heavy atom. The van der Waals surface area contributed by atoms with Gasteiger partial charge in [0.2, 0.25) is 0 Å². The highest BCUT2D eigenvalue weighted by molar-refractivity contribution is 6.02. The first-order valence-corrected chi connectivity index (χ1v) is 10.9. The maximum atomic E-state index is 12.3. The lowest BCUT2D eigenvalue weighted by molar-refractivity contribution is -0.870. The molecular formula is C22H42Br2N6O4. The number of ether oxygens (including phenoxy) is 2. The molecule has 12 heteroatoms. The Balaban J connectivity index is 0. The Bertz CT molecular complexity index is 703. The topological polar surface area (TPSA) is 129 Å². The number of carbonyl (C=O) groups excluding carboxylic acids is 2. The molecule has 1 rings (SSSR count). The van der Waals surface area contributed by atoms with Crippen molar-refractivity contribution in [2.45, 2.75) is 25.7 Å². The molecule has 1 aromatic carbocycles. The molecular weight excluding hydrogens is 572 g/mol. The van der Waals surface area contributed by atoms with Crippen molar-refractivity contribution < 1.29 is 62.0 Å². The van der Waals surface area contributed by atoms with Crippen LogP contribution < -0.4 is 66.0 Å². The zero-order valence-corrected chi connectivity index (χ0v) is 24.4. The average molecular weight is 614 g/mol. The summed E-state index contributed by atoms with van der Waals surface area (Å²) in [4.78, 5) is 24.7. The summed E-state index contributed by atoms with van der Waals surface area (Å²) in [5.74, 6) is 10.2. The van der Waals surface area contributed by atoms with E-state index in [4.69, 9.17) is 21.2 Å². The number of nitrogens with zero attached hydrogens (tertiary/aromatic N) is 2. The predicted molar refractivity (Wildman–Crippen MR) is 125 cm³/mol. The first-order valence-electron chi connectivity index (χ1n) is 10.9. The van der Waals surface area contributed by atoms with Gasteiger partial charge in [-0.3, -0.25) is 20.4 Å². The second-order valence-electron chi connectivity index (χ2n) is 9.93. The number of unbranched alkanes of at least 4 members (excludes halogenated alkanes) is 2. The minimum atomic E-state index is -0.527. The van der Waals surface area contributed by atoms with E-state index in [9.17, 15) is 9.59 Å². The quantitative estimate of drug-likeness (QED) is 0.0545. The van der Waals surface area contributed by atoms with Crippen LogP contribution in [0.15, 0.2) is 12.1 Å². The van der Waals surface area contributed by atoms with Crippen molar-refractivity contribution >= 4 is 11.8 Å². The molecule has 2 amide bonds. The van der Waals surface area contributed by atoms with Crippen molar-refractivity contribution in [2.75, 3.05) is 68.6 Å². The van der Waals surface area contributed by atoms with Crippen molar-refractivity contribution in [2.24, 2.45) is 11.7 Å². The SMILES string of the molecule is C[N+](C)(C)CCCCOc1cc(C(=O)NN)c(OCCCC[N+](C)(C)C)cc1C(=O)NN.[Br-].[Br-]. The molecule has 0 bridgehead atoms. The van der Waals surface area contributed by atoms with Crippen LogP contribution in [0.25, 0.3) is 0 Å². The Hall–Kier alpha value is -1.44. The molecule has 10 nitrogen and oxygen atoms in total. The molecule has 0 atom stereocenters. The monoisotopic (exact) mass is 612 g/mol. The molecule has 198 valence electrons. The van der Waals surface area contributed by atoms with Crippen LogP contribution in [-0.4, -0.2) is 89.4 Å². The summed E-state index contributed by atoms with van der Waals surface area (Å²) >= 11 is 0. The van der Waals surface area contributed by atoms with Gasteiger partial charge in [0, 0.05) is 0 Å². The number of hydrogen-bond donors (Lipinski definition) is 4. The largest absolute Gasteiger partial charge is 1.00 e. The highest BCUT2D eigenvalue weighted by atomic mass is 79.9. The van der Waals surface area contributed by atoms with Crippen molar-refractivity contribution in [3.63, 3.8) is 0 Å². The van der Waals surface area contributed by atoms with E-state index in [0.717, 1.165) is 47.7 Å². The first kappa shape index (κ1) is 34.7. The molecule has 6 N–H and O–H groups in total. The zero-order chi connectivity index (χ0) is 24.4. The number of carbonyl (C=O) groups is 2. The van der Waals surface area contributed by atoms with E-state index in [-0.39, 0.29) is 56.6 Å². The molecule has 0 unspecified atom stereocenters. The second-order valence-corrected chi connectivity index (χ2v) is 9.93. The molecule has 0 fully saturated rings. The highest BCUT2D eigenvalue weighted by Crippen LogP contribution is 2.30. The Labute approximate surface area is 225 Å². The maximum Gasteiger partial charge on any atom is 0.269 e. The van der Waals surface area contributed by atoms with E-state index < -0.39 is 11.8 Å². The van der Waals surface area contributed by atoms with E-state index in [0.29, 0.717) is 13.2 Å². The molecule has 0 radical (unpaired) electrons. The summed E-state index contributed by atoms with van der Waals surface area (Å²) in [7, 11) is 12.8. The van der Waals surface area contributed by atoms with Gasteiger partial charge in [0.15, 0.2) is 0 Å². The highest BCUT2D eigenvalue weighted by Gasteiger charge is 2.21. The number of halogens is 2. The van der Waals surface area contributed by atoms with Crippen molar-refractivity contribution in [1.29, 1.82) is 0 Å². The van der Waals surface area contributed by atoms with Crippen LogP contribution >= 0.6 is 0 Å². The van der Waals surface area contributed by atoms with Crippen molar-refractivity contribution in [3.05, 3.63) is 23.3 Å². The maximum absolute atomic E-state index is 12.3. The molecule has 0 spiro atoms. The molecule has 0 saturated carbocycles. The predicted octanol–water partition coefficient (Wildman–Crippen LogP) is -5.37. The van der Waals surface area contributed by atoms with E-state index in [1.165, 1.54) is 12.1 Å². The fraction of sp³-hybridized carbons (Fsp3) is 0.636. The van der Waals surface area contributed by atoms with Gasteiger partial charge in [-0.15, -0.1) is 0 Å². The van der Waals surface area contributed by atoms with Gasteiger partial charge in [0.25, 0.3) is 11.8 Å². The number of hydrazine groups is 2. The third-order valence-electron chi connectivity index (χ3n) is 4.79. The summed E-state index contributed by atoms with van der Waals surface area (Å²) in [6.07, 6.45) is 3.55. The Kier molecular flexibility index (Phi) is 16.6. The van der Waals surface area contributed by atoms with Crippen LogP contribution in [0.2, 0.25) is 0 Å². The van der Waals surface area contributed by atoms with Crippen molar-refractivity contribution in [3.8, 4) is 11.5 Å². The average Bonchev–Trinajstić information content (AvgIpc) is 2.70. The van der Waals surface area contributed by atoms with Crippen LogP contribution in [0.1, 0.15) is 46.4 Å². The van der Waals surface area contributed by atoms with E-state index in [1.807, 2.05) is 0 Å². The van der Waals surface area contributed by atoms with Gasteiger partial charge in [-0.25, -0.2) is 11.7 Å². The standard InChI is InChI=1S/C22H40N6O4.2BrH/c1-27(2,3)11-7-9-13-31-19-15-18(22(30)26-24)20(16-17(19)21(29)25-23)32-14-10-8-12-28(4,5)6;;/h15-16H,7-14H2,1-6H3,(H4-2,23,24,25,26,29,30);2*1H. The van der Waals surface area contributed by atoms with Crippen LogP contribution in [0.4, 0.5) is 0 Å². The zero-order valence-electron chi connectivity index (χ0n) is 21.2. The fourth-order valence-electron chi connectivity index (χ4n) is 3.05. The molecule has 34 heavy (non-hydrogen) atoms. The number of nitrogens with one attached hydrogen (secondary N) is 2. The minimum absolute atomic E-state index is 0. The van der Waals surface area contributed by atoms with E-state index in [1.54, 1.807) is 0 Å². The van der Waals surface area contributed by atoms with Gasteiger partial charge >= 0.3 is 0 Å². The molecule has 0 aliphatic heterocycles. The summed E-state index contributed by atoms with van der Waals surface area (Å²) in [6, 6.07) is 2.96. The van der Waals surface area contributed by atoms with E-state index in [2.05, 4.69) is 53.1 Å². The molecule has 0 saturated heterocycles. The van der Waals surface area contributed by atoms with Gasteiger partial charge in [-0.05, 0) is 37.8 Å². The van der Waals surface area contributed by atoms with Gasteiger partial charge in [0.1, 0.15) is 11.5 Å². The third-order valence-corrected chi connectivity index (χ3v) is 4.79. The number of amides is 2. The lowest BCUT2D eigenvalue weighted by atomic mass is 10.1. The number of benzene rings is 1. The van der Waals surface area contributed by atoms with Crippen LogP contribution in [0.5, 0.6) is 11.5 Å². The first-order chi connectivity index (χ1) is 14.9. The summed E-state index contributed by atoms with van der Waals surface area (Å²) in [6.45, 7) is 2.81. The van der Waals surface area contributed by atoms with Gasteiger partial charge in [0.05, 0.1) is 79.7 Å². The van der Waals surface area contributed by atoms with Crippen molar-refractivity contribution in [1.82, 2.24) is 10.9 Å². The van der Waals surface area contributed by atoms with Crippen LogP contribution in [-0.2, 0) is 0 Å². The summed E-state index contributed by atoms with van der Waals surface area (Å²) in [5.41, 5.74) is 4.65. The lowest BCUT2D eigenvalue weighted by Gasteiger charge is -2.24. The second kappa shape index (κ2) is 16.3. The van der Waals surface area contributed by atoms with Gasteiger partial charge < -0.3 is 52.4 Å². The molecule has 1 aromatic rings. The third kappa shape index (κ3) is 13.4. The lowest BCUT2D eigenvalue weighted by Crippen LogP contribution is -3.00. The number of nitrogens with two attached hydrogens (primary N) is 2. The summed E-state index contributed by atoms with van der Waals surface area (Å²) in [5, 5.41) is 0. The molecule has 0 aromatic heterocycles. The van der Waals surface area contributed by atoms with Crippen LogP contribution in [0, 0.1) is 0 Å². The smallest absolute Gasteiger partial charge is 0.269 e. The number of quaternary nitrogens is 2. The van der Waals surface area contributed by atoms with E-state index >= 15 is 0 Å².